The first kappa shape index (κ1) is 16.1. The molecule has 0 radical (unpaired) electrons. The van der Waals surface area contributed by atoms with E-state index < -0.39 is 0 Å². The van der Waals surface area contributed by atoms with E-state index in [2.05, 4.69) is 29.5 Å². The van der Waals surface area contributed by atoms with Crippen LogP contribution >= 0.6 is 11.8 Å². The minimum atomic E-state index is -0.0000203. The molecule has 5 heteroatoms. The Morgan fingerprint density at radius 1 is 1.43 bits per heavy atom. The number of hydrogen-bond acceptors (Lipinski definition) is 4. The second kappa shape index (κ2) is 7.16. The lowest BCUT2D eigenvalue weighted by molar-refractivity contribution is 0.0950. The Hall–Kier alpha value is -1.23. The zero-order valence-electron chi connectivity index (χ0n) is 13.2. The van der Waals surface area contributed by atoms with Gasteiger partial charge in [-0.1, -0.05) is 6.92 Å². The van der Waals surface area contributed by atoms with Crippen molar-refractivity contribution in [2.75, 3.05) is 24.2 Å². The van der Waals surface area contributed by atoms with Crippen LogP contribution in [0.5, 0.6) is 0 Å². The molecule has 1 saturated heterocycles. The van der Waals surface area contributed by atoms with Gasteiger partial charge in [-0.3, -0.25) is 4.79 Å². The molecule has 1 aliphatic rings. The Balaban J connectivity index is 2.05. The highest BCUT2D eigenvalue weighted by Crippen LogP contribution is 2.36. The Morgan fingerprint density at radius 2 is 2.24 bits per heavy atom. The number of pyridine rings is 1. The molecule has 1 amide bonds. The van der Waals surface area contributed by atoms with Gasteiger partial charge in [0.25, 0.3) is 5.91 Å². The fourth-order valence-electron chi connectivity index (χ4n) is 2.52. The maximum Gasteiger partial charge on any atom is 0.251 e. The second-order valence-corrected chi connectivity index (χ2v) is 7.38. The van der Waals surface area contributed by atoms with Crippen molar-refractivity contribution in [2.45, 2.75) is 44.8 Å². The second-order valence-electron chi connectivity index (χ2n) is 5.70. The molecular formula is C16H25N3OS. The van der Waals surface area contributed by atoms with Crippen molar-refractivity contribution in [2.24, 2.45) is 0 Å². The van der Waals surface area contributed by atoms with Gasteiger partial charge >= 0.3 is 0 Å². The average molecular weight is 307 g/mol. The van der Waals surface area contributed by atoms with Crippen molar-refractivity contribution in [3.05, 3.63) is 23.4 Å². The van der Waals surface area contributed by atoms with Crippen molar-refractivity contribution in [1.29, 1.82) is 0 Å². The maximum absolute atomic E-state index is 12.4. The minimum absolute atomic E-state index is 0.0000203. The average Bonchev–Trinajstić information content (AvgIpc) is 2.92. The summed E-state index contributed by atoms with van der Waals surface area (Å²) in [7, 11) is 0. The Labute approximate surface area is 131 Å². The van der Waals surface area contributed by atoms with E-state index in [1.165, 1.54) is 18.6 Å². The summed E-state index contributed by atoms with van der Waals surface area (Å²) in [5.74, 6) is 1.98. The third-order valence-electron chi connectivity index (χ3n) is 3.78. The van der Waals surface area contributed by atoms with Gasteiger partial charge in [-0.05, 0) is 51.0 Å². The highest BCUT2D eigenvalue weighted by atomic mass is 32.2. The molecule has 21 heavy (non-hydrogen) atoms. The highest BCUT2D eigenvalue weighted by molar-refractivity contribution is 8.00. The number of hydrogen-bond donors (Lipinski definition) is 2. The Bertz CT molecular complexity index is 498. The number of rotatable bonds is 6. The minimum Gasteiger partial charge on any atom is -0.370 e. The van der Waals surface area contributed by atoms with Crippen molar-refractivity contribution in [3.8, 4) is 0 Å². The van der Waals surface area contributed by atoms with Crippen molar-refractivity contribution >= 4 is 23.5 Å². The summed E-state index contributed by atoms with van der Waals surface area (Å²) < 4.78 is 0.195. The van der Waals surface area contributed by atoms with Crippen molar-refractivity contribution < 1.29 is 4.79 Å². The Kier molecular flexibility index (Phi) is 5.51. The normalized spacial score (nSPS) is 21.3. The number of aromatic nitrogens is 1. The number of carbonyl (C=O) groups excluding carboxylic acids is 1. The molecule has 1 fully saturated rings. The summed E-state index contributed by atoms with van der Waals surface area (Å²) in [5, 5.41) is 6.27. The number of thioether (sulfide) groups is 1. The maximum atomic E-state index is 12.4. The van der Waals surface area contributed by atoms with Crippen LogP contribution in [-0.2, 0) is 6.42 Å². The summed E-state index contributed by atoms with van der Waals surface area (Å²) in [6.45, 7) is 7.85. The molecule has 4 nitrogen and oxygen atoms in total. The van der Waals surface area contributed by atoms with Crippen molar-refractivity contribution in [1.82, 2.24) is 10.3 Å². The van der Waals surface area contributed by atoms with E-state index in [1.807, 2.05) is 30.8 Å². The van der Waals surface area contributed by atoms with E-state index >= 15 is 0 Å². The number of nitrogens with zero attached hydrogens (tertiary/aromatic N) is 1. The van der Waals surface area contributed by atoms with Crippen LogP contribution in [0.1, 0.15) is 49.7 Å². The molecule has 2 N–H and O–H groups in total. The van der Waals surface area contributed by atoms with Gasteiger partial charge in [-0.25, -0.2) is 4.98 Å². The summed E-state index contributed by atoms with van der Waals surface area (Å²) in [5.41, 5.74) is 1.64. The lowest BCUT2D eigenvalue weighted by atomic mass is 10.1. The first-order valence-electron chi connectivity index (χ1n) is 7.73. The van der Waals surface area contributed by atoms with Crippen molar-refractivity contribution in [3.63, 3.8) is 0 Å². The van der Waals surface area contributed by atoms with Crippen LogP contribution in [0.15, 0.2) is 12.1 Å². The Morgan fingerprint density at radius 3 is 2.86 bits per heavy atom. The predicted octanol–water partition coefficient (Wildman–Crippen LogP) is 3.09. The molecule has 0 bridgehead atoms. The molecule has 0 aromatic carbocycles. The van der Waals surface area contributed by atoms with Crippen LogP contribution in [0.2, 0.25) is 0 Å². The van der Waals surface area contributed by atoms with E-state index in [0.717, 1.165) is 31.0 Å². The molecular weight excluding hydrogens is 282 g/mol. The molecule has 2 heterocycles. The first-order valence-corrected chi connectivity index (χ1v) is 8.72. The van der Waals surface area contributed by atoms with E-state index in [-0.39, 0.29) is 10.7 Å². The fourth-order valence-corrected chi connectivity index (χ4v) is 3.76. The van der Waals surface area contributed by atoms with Crippen LogP contribution in [0.3, 0.4) is 0 Å². The van der Waals surface area contributed by atoms with Crippen LogP contribution < -0.4 is 10.6 Å². The summed E-state index contributed by atoms with van der Waals surface area (Å²) >= 11 is 1.96. The quantitative estimate of drug-likeness (QED) is 0.848. The molecule has 0 aliphatic carbocycles. The van der Waals surface area contributed by atoms with E-state index in [4.69, 9.17) is 0 Å². The number of nitrogens with one attached hydrogen (secondary N) is 2. The van der Waals surface area contributed by atoms with Crippen LogP contribution in [0.25, 0.3) is 0 Å². The molecule has 0 saturated carbocycles. The van der Waals surface area contributed by atoms with Gasteiger partial charge in [0.05, 0.1) is 0 Å². The zero-order valence-corrected chi connectivity index (χ0v) is 14.0. The first-order chi connectivity index (χ1) is 10.1. The smallest absolute Gasteiger partial charge is 0.251 e. The van der Waals surface area contributed by atoms with Crippen LogP contribution in [0.4, 0.5) is 5.82 Å². The van der Waals surface area contributed by atoms with Gasteiger partial charge in [-0.2, -0.15) is 11.8 Å². The monoisotopic (exact) mass is 307 g/mol. The molecule has 2 rings (SSSR count). The summed E-state index contributed by atoms with van der Waals surface area (Å²) in [6, 6.07) is 3.72. The topological polar surface area (TPSA) is 54.0 Å². The molecule has 1 aromatic heterocycles. The molecule has 1 atom stereocenters. The number of carbonyl (C=O) groups is 1. The van der Waals surface area contributed by atoms with E-state index in [1.54, 1.807) is 0 Å². The molecule has 116 valence electrons. The van der Waals surface area contributed by atoms with Gasteiger partial charge in [0.15, 0.2) is 0 Å². The number of amides is 1. The van der Waals surface area contributed by atoms with Gasteiger partial charge < -0.3 is 10.6 Å². The largest absolute Gasteiger partial charge is 0.370 e. The van der Waals surface area contributed by atoms with Gasteiger partial charge in [0, 0.05) is 29.1 Å². The third kappa shape index (κ3) is 4.37. The van der Waals surface area contributed by atoms with Gasteiger partial charge in [0.1, 0.15) is 5.82 Å². The lowest BCUT2D eigenvalue weighted by Gasteiger charge is -2.23. The van der Waals surface area contributed by atoms with Crippen LogP contribution in [-0.4, -0.2) is 34.5 Å². The third-order valence-corrected chi connectivity index (χ3v) is 5.32. The predicted molar refractivity (Wildman–Crippen MR) is 90.2 cm³/mol. The standard InChI is InChI=1S/C16H25N3OS/c1-4-13-9-12(10-14(19-13)17-5-2)15(20)18-11-16(3)7-6-8-21-16/h9-10H,4-8,11H2,1-3H3,(H,17,19)(H,18,20). The zero-order chi connectivity index (χ0) is 15.3. The molecule has 1 aromatic rings. The van der Waals surface area contributed by atoms with E-state index in [0.29, 0.717) is 5.56 Å². The number of anilines is 1. The molecule has 0 spiro atoms. The SMILES string of the molecule is CCNc1cc(C(=O)NCC2(C)CCCS2)cc(CC)n1. The lowest BCUT2D eigenvalue weighted by Crippen LogP contribution is -2.36. The van der Waals surface area contributed by atoms with E-state index in [9.17, 15) is 4.79 Å². The fraction of sp³-hybridized carbons (Fsp3) is 0.625. The highest BCUT2D eigenvalue weighted by Gasteiger charge is 2.29. The van der Waals surface area contributed by atoms with Crippen LogP contribution in [0, 0.1) is 0 Å². The number of aryl methyl sites for hydroxylation is 1. The van der Waals surface area contributed by atoms with Gasteiger partial charge in [0.2, 0.25) is 0 Å². The van der Waals surface area contributed by atoms with Gasteiger partial charge in [-0.15, -0.1) is 0 Å². The summed E-state index contributed by atoms with van der Waals surface area (Å²) in [6.07, 6.45) is 3.25. The molecule has 1 unspecified atom stereocenters. The molecule has 1 aliphatic heterocycles. The summed E-state index contributed by atoms with van der Waals surface area (Å²) in [4.78, 5) is 16.9.